The summed E-state index contributed by atoms with van der Waals surface area (Å²) in [5.74, 6) is 0.384. The molecule has 0 bridgehead atoms. The minimum Gasteiger partial charge on any atom is -0.207 e. The van der Waals surface area contributed by atoms with Crippen LogP contribution >= 0.6 is 11.6 Å². The predicted octanol–water partition coefficient (Wildman–Crippen LogP) is 5.77. The summed E-state index contributed by atoms with van der Waals surface area (Å²) in [7, 11) is 0. The summed E-state index contributed by atoms with van der Waals surface area (Å²) < 4.78 is 13.9. The first-order chi connectivity index (χ1) is 9.76. The summed E-state index contributed by atoms with van der Waals surface area (Å²) in [5.41, 5.74) is 0.411. The van der Waals surface area contributed by atoms with Crippen molar-refractivity contribution in [3.63, 3.8) is 0 Å². The number of halogens is 2. The third kappa shape index (κ3) is 3.77. The molecule has 1 saturated carbocycles. The monoisotopic (exact) mass is 307 g/mol. The minimum atomic E-state index is -0.437. The van der Waals surface area contributed by atoms with Crippen molar-refractivity contribution in [2.45, 2.75) is 52.9 Å². The number of benzene rings is 1. The van der Waals surface area contributed by atoms with Gasteiger partial charge < -0.3 is 0 Å². The molecule has 0 saturated heterocycles. The molecule has 2 rings (SSSR count). The molecular weight excluding hydrogens is 285 g/mol. The van der Waals surface area contributed by atoms with Crippen LogP contribution in [-0.4, -0.2) is 0 Å². The van der Waals surface area contributed by atoms with E-state index in [-0.39, 0.29) is 11.2 Å². The van der Waals surface area contributed by atoms with Crippen molar-refractivity contribution in [3.05, 3.63) is 34.6 Å². The highest BCUT2D eigenvalue weighted by atomic mass is 35.5. The Morgan fingerprint density at radius 2 is 1.95 bits per heavy atom. The highest BCUT2D eigenvalue weighted by Crippen LogP contribution is 2.46. The molecule has 0 amide bonds. The number of nitriles is 1. The molecule has 0 N–H and O–H groups in total. The van der Waals surface area contributed by atoms with Crippen LogP contribution in [0.15, 0.2) is 18.2 Å². The Balaban J connectivity index is 2.14. The van der Waals surface area contributed by atoms with Crippen molar-refractivity contribution >= 4 is 11.6 Å². The molecule has 1 aliphatic rings. The fourth-order valence-electron chi connectivity index (χ4n) is 3.41. The van der Waals surface area contributed by atoms with E-state index < -0.39 is 5.41 Å². The van der Waals surface area contributed by atoms with E-state index in [2.05, 4.69) is 26.8 Å². The number of hydrogen-bond acceptors (Lipinski definition) is 1. The van der Waals surface area contributed by atoms with Gasteiger partial charge >= 0.3 is 0 Å². The van der Waals surface area contributed by atoms with Crippen LogP contribution in [0.4, 0.5) is 4.39 Å². The first kappa shape index (κ1) is 16.3. The van der Waals surface area contributed by atoms with Crippen LogP contribution in [0, 0.1) is 33.9 Å². The van der Waals surface area contributed by atoms with Gasteiger partial charge in [-0.25, -0.2) is 4.39 Å². The van der Waals surface area contributed by atoms with Gasteiger partial charge in [0.15, 0.2) is 0 Å². The third-order valence-electron chi connectivity index (χ3n) is 4.94. The molecule has 1 aromatic carbocycles. The van der Waals surface area contributed by atoms with E-state index in [1.54, 1.807) is 12.1 Å². The summed E-state index contributed by atoms with van der Waals surface area (Å²) in [5, 5.41) is 10.2. The van der Waals surface area contributed by atoms with E-state index in [0.717, 1.165) is 25.7 Å². The Morgan fingerprint density at radius 3 is 2.48 bits per heavy atom. The average Bonchev–Trinajstić information content (AvgIpc) is 2.42. The van der Waals surface area contributed by atoms with Gasteiger partial charge in [0.05, 0.1) is 11.5 Å². The van der Waals surface area contributed by atoms with Gasteiger partial charge in [0.25, 0.3) is 0 Å². The average molecular weight is 308 g/mol. The molecule has 1 aliphatic carbocycles. The van der Waals surface area contributed by atoms with Crippen molar-refractivity contribution in [2.24, 2.45) is 16.7 Å². The Labute approximate surface area is 132 Å². The molecule has 114 valence electrons. The van der Waals surface area contributed by atoms with E-state index in [1.165, 1.54) is 6.07 Å². The second-order valence-corrected chi connectivity index (χ2v) is 7.88. The van der Waals surface area contributed by atoms with E-state index in [1.807, 2.05) is 0 Å². The van der Waals surface area contributed by atoms with Gasteiger partial charge in [0.2, 0.25) is 0 Å². The van der Waals surface area contributed by atoms with Gasteiger partial charge in [-0.05, 0) is 67.2 Å². The van der Waals surface area contributed by atoms with Crippen molar-refractivity contribution in [3.8, 4) is 6.07 Å². The standard InChI is InChI=1S/C18H23ClFN/c1-17(2,3)14-6-8-18(12-21,9-7-14)11-13-10-15(19)4-5-16(13)20/h4-5,10,14H,6-9,11H2,1-3H3. The van der Waals surface area contributed by atoms with E-state index in [9.17, 15) is 9.65 Å². The first-order valence-electron chi connectivity index (χ1n) is 7.61. The predicted molar refractivity (Wildman–Crippen MR) is 84.6 cm³/mol. The van der Waals surface area contributed by atoms with Gasteiger partial charge in [-0.3, -0.25) is 0 Å². The largest absolute Gasteiger partial charge is 0.207 e. The zero-order valence-corrected chi connectivity index (χ0v) is 13.8. The molecule has 1 fully saturated rings. The molecule has 0 radical (unpaired) electrons. The van der Waals surface area contributed by atoms with Crippen LogP contribution in [0.2, 0.25) is 5.02 Å². The smallest absolute Gasteiger partial charge is 0.126 e. The highest BCUT2D eigenvalue weighted by Gasteiger charge is 2.39. The second kappa shape index (κ2) is 5.97. The molecule has 0 aliphatic heterocycles. The Morgan fingerprint density at radius 1 is 1.33 bits per heavy atom. The van der Waals surface area contributed by atoms with Gasteiger partial charge in [-0.15, -0.1) is 0 Å². The minimum absolute atomic E-state index is 0.257. The van der Waals surface area contributed by atoms with Gasteiger partial charge in [-0.2, -0.15) is 5.26 Å². The van der Waals surface area contributed by atoms with Crippen LogP contribution in [0.1, 0.15) is 52.0 Å². The lowest BCUT2D eigenvalue weighted by molar-refractivity contribution is 0.120. The Bertz CT molecular complexity index is 545. The van der Waals surface area contributed by atoms with Crippen LogP contribution in [0.5, 0.6) is 0 Å². The molecule has 21 heavy (non-hydrogen) atoms. The van der Waals surface area contributed by atoms with E-state index >= 15 is 0 Å². The summed E-state index contributed by atoms with van der Waals surface area (Å²) in [6, 6.07) is 7.08. The Hall–Kier alpha value is -1.07. The van der Waals surface area contributed by atoms with Gasteiger partial charge in [0, 0.05) is 5.02 Å². The van der Waals surface area contributed by atoms with Gasteiger partial charge in [-0.1, -0.05) is 32.4 Å². The van der Waals surface area contributed by atoms with E-state index in [4.69, 9.17) is 11.6 Å². The molecule has 3 heteroatoms. The second-order valence-electron chi connectivity index (χ2n) is 7.44. The van der Waals surface area contributed by atoms with Crippen molar-refractivity contribution in [2.75, 3.05) is 0 Å². The number of rotatable bonds is 2. The fraction of sp³-hybridized carbons (Fsp3) is 0.611. The van der Waals surface area contributed by atoms with Crippen LogP contribution < -0.4 is 0 Å². The number of nitrogens with zero attached hydrogens (tertiary/aromatic N) is 1. The summed E-state index contributed by atoms with van der Waals surface area (Å²) in [6.45, 7) is 6.77. The van der Waals surface area contributed by atoms with Crippen molar-refractivity contribution in [1.29, 1.82) is 5.26 Å². The quantitative estimate of drug-likeness (QED) is 0.680. The molecular formula is C18H23ClFN. The molecule has 0 unspecified atom stereocenters. The van der Waals surface area contributed by atoms with Crippen LogP contribution in [0.3, 0.4) is 0 Å². The summed E-state index contributed by atoms with van der Waals surface area (Å²) in [6.07, 6.45) is 4.24. The van der Waals surface area contributed by atoms with Crippen molar-refractivity contribution in [1.82, 2.24) is 0 Å². The fourth-order valence-corrected chi connectivity index (χ4v) is 3.60. The van der Waals surface area contributed by atoms with Crippen LogP contribution in [0.25, 0.3) is 0 Å². The maximum atomic E-state index is 13.9. The lowest BCUT2D eigenvalue weighted by atomic mass is 9.63. The van der Waals surface area contributed by atoms with Gasteiger partial charge in [0.1, 0.15) is 5.82 Å². The molecule has 0 spiro atoms. The zero-order valence-electron chi connectivity index (χ0n) is 13.0. The zero-order chi connectivity index (χ0) is 15.7. The molecule has 0 heterocycles. The third-order valence-corrected chi connectivity index (χ3v) is 5.18. The Kier molecular flexibility index (Phi) is 4.63. The lowest BCUT2D eigenvalue weighted by Crippen LogP contribution is -2.33. The SMILES string of the molecule is CC(C)(C)C1CCC(C#N)(Cc2cc(Cl)ccc2F)CC1. The van der Waals surface area contributed by atoms with E-state index in [0.29, 0.717) is 22.9 Å². The van der Waals surface area contributed by atoms with Crippen molar-refractivity contribution < 1.29 is 4.39 Å². The molecule has 0 atom stereocenters. The highest BCUT2D eigenvalue weighted by molar-refractivity contribution is 6.30. The first-order valence-corrected chi connectivity index (χ1v) is 7.99. The summed E-state index contributed by atoms with van der Waals surface area (Å²) >= 11 is 5.96. The molecule has 1 nitrogen and oxygen atoms in total. The van der Waals surface area contributed by atoms with Crippen LogP contribution in [-0.2, 0) is 6.42 Å². The number of hydrogen-bond donors (Lipinski definition) is 0. The topological polar surface area (TPSA) is 23.8 Å². The maximum absolute atomic E-state index is 13.9. The summed E-state index contributed by atoms with van der Waals surface area (Å²) in [4.78, 5) is 0. The normalized spacial score (nSPS) is 26.4. The molecule has 1 aromatic rings. The maximum Gasteiger partial charge on any atom is 0.126 e. The molecule has 0 aromatic heterocycles. The lowest BCUT2D eigenvalue weighted by Gasteiger charge is -2.40.